The molecule has 3 amide bonds. The third-order valence-electron chi connectivity index (χ3n) is 4.16. The summed E-state index contributed by atoms with van der Waals surface area (Å²) in [5, 5.41) is 2.77. The van der Waals surface area contributed by atoms with Gasteiger partial charge in [0.2, 0.25) is 5.91 Å². The number of hydrogen-bond acceptors (Lipinski definition) is 4. The number of carbonyl (C=O) groups excluding carboxylic acids is 2. The minimum absolute atomic E-state index is 0.0583. The highest BCUT2D eigenvalue weighted by atomic mass is 16.5. The van der Waals surface area contributed by atoms with Gasteiger partial charge in [-0.3, -0.25) is 4.79 Å². The van der Waals surface area contributed by atoms with Gasteiger partial charge >= 0.3 is 6.03 Å². The van der Waals surface area contributed by atoms with Crippen LogP contribution in [0.4, 0.5) is 4.79 Å². The fourth-order valence-corrected chi connectivity index (χ4v) is 2.93. The van der Waals surface area contributed by atoms with Crippen molar-refractivity contribution < 1.29 is 18.7 Å². The zero-order valence-electron chi connectivity index (χ0n) is 15.2. The normalized spacial score (nSPS) is 16.6. The average molecular weight is 351 g/mol. The summed E-state index contributed by atoms with van der Waals surface area (Å²) < 4.78 is 11.1. The topological polar surface area (TPSA) is 75.0 Å². The molecule has 140 valence electrons. The summed E-state index contributed by atoms with van der Waals surface area (Å²) in [6, 6.07) is 3.46. The molecule has 1 aliphatic rings. The van der Waals surface area contributed by atoms with E-state index in [-0.39, 0.29) is 24.6 Å². The zero-order chi connectivity index (χ0) is 18.1. The highest BCUT2D eigenvalue weighted by Gasteiger charge is 2.25. The van der Waals surface area contributed by atoms with Crippen molar-refractivity contribution in [2.24, 2.45) is 0 Å². The Morgan fingerprint density at radius 1 is 1.32 bits per heavy atom. The first-order valence-electron chi connectivity index (χ1n) is 9.08. The number of urea groups is 1. The van der Waals surface area contributed by atoms with E-state index in [1.54, 1.807) is 16.1 Å². The molecular formula is C18H29N3O4. The van der Waals surface area contributed by atoms with E-state index in [2.05, 4.69) is 5.32 Å². The molecule has 0 radical (unpaired) electrons. The second-order valence-corrected chi connectivity index (χ2v) is 6.25. The molecule has 0 saturated carbocycles. The van der Waals surface area contributed by atoms with Crippen molar-refractivity contribution in [1.82, 2.24) is 15.1 Å². The molecule has 1 aliphatic heterocycles. The second-order valence-electron chi connectivity index (χ2n) is 6.25. The van der Waals surface area contributed by atoms with Gasteiger partial charge in [0.15, 0.2) is 0 Å². The van der Waals surface area contributed by atoms with E-state index in [4.69, 9.17) is 9.15 Å². The third-order valence-corrected chi connectivity index (χ3v) is 4.16. The third kappa shape index (κ3) is 6.08. The Morgan fingerprint density at radius 2 is 2.16 bits per heavy atom. The standard InChI is InChI=1S/C18H29N3O4/c1-3-9-20(18(23)19-4-2)14-17(22)21(12-15-7-5-10-24-15)13-16-8-6-11-25-16/h5,7,10,16H,3-4,6,8-9,11-14H2,1-2H3,(H,19,23)/t16-/m1/s1. The van der Waals surface area contributed by atoms with Gasteiger partial charge in [0.05, 0.1) is 18.9 Å². The first kappa shape index (κ1) is 19.3. The van der Waals surface area contributed by atoms with Crippen molar-refractivity contribution in [1.29, 1.82) is 0 Å². The molecule has 1 N–H and O–H groups in total. The first-order chi connectivity index (χ1) is 12.1. The van der Waals surface area contributed by atoms with Crippen LogP contribution in [0, 0.1) is 0 Å². The second kappa shape index (κ2) is 10.1. The summed E-state index contributed by atoms with van der Waals surface area (Å²) in [7, 11) is 0. The maximum Gasteiger partial charge on any atom is 0.317 e. The summed E-state index contributed by atoms with van der Waals surface area (Å²) in [6.07, 6.45) is 4.44. The molecule has 0 spiro atoms. The number of rotatable bonds is 9. The molecule has 2 rings (SSSR count). The van der Waals surface area contributed by atoms with Gasteiger partial charge in [-0.05, 0) is 38.3 Å². The summed E-state index contributed by atoms with van der Waals surface area (Å²) in [5.41, 5.74) is 0. The lowest BCUT2D eigenvalue weighted by Gasteiger charge is -2.28. The Balaban J connectivity index is 2.02. The van der Waals surface area contributed by atoms with E-state index < -0.39 is 0 Å². The van der Waals surface area contributed by atoms with Gasteiger partial charge in [-0.15, -0.1) is 0 Å². The van der Waals surface area contributed by atoms with Gasteiger partial charge in [-0.1, -0.05) is 6.92 Å². The smallest absolute Gasteiger partial charge is 0.317 e. The molecule has 1 aromatic rings. The van der Waals surface area contributed by atoms with Crippen LogP contribution in [0.2, 0.25) is 0 Å². The van der Waals surface area contributed by atoms with Crippen molar-refractivity contribution in [2.75, 3.05) is 32.8 Å². The maximum atomic E-state index is 12.9. The van der Waals surface area contributed by atoms with Crippen LogP contribution < -0.4 is 5.32 Å². The van der Waals surface area contributed by atoms with Crippen LogP contribution in [-0.2, 0) is 16.1 Å². The van der Waals surface area contributed by atoms with Crippen molar-refractivity contribution in [3.8, 4) is 0 Å². The van der Waals surface area contributed by atoms with E-state index >= 15 is 0 Å². The van der Waals surface area contributed by atoms with Gasteiger partial charge < -0.3 is 24.3 Å². The van der Waals surface area contributed by atoms with E-state index in [0.717, 1.165) is 31.6 Å². The molecule has 2 heterocycles. The number of amides is 3. The van der Waals surface area contributed by atoms with E-state index in [9.17, 15) is 9.59 Å². The Labute approximate surface area is 149 Å². The lowest BCUT2D eigenvalue weighted by molar-refractivity contribution is -0.134. The molecule has 0 unspecified atom stereocenters. The zero-order valence-corrected chi connectivity index (χ0v) is 15.2. The average Bonchev–Trinajstić information content (AvgIpc) is 3.28. The van der Waals surface area contributed by atoms with Crippen molar-refractivity contribution in [3.05, 3.63) is 24.2 Å². The van der Waals surface area contributed by atoms with Gasteiger partial charge in [0, 0.05) is 26.2 Å². The number of nitrogens with zero attached hydrogens (tertiary/aromatic N) is 2. The monoisotopic (exact) mass is 351 g/mol. The van der Waals surface area contributed by atoms with Crippen LogP contribution in [0.3, 0.4) is 0 Å². The largest absolute Gasteiger partial charge is 0.467 e. The number of nitrogens with one attached hydrogen (secondary N) is 1. The van der Waals surface area contributed by atoms with E-state index in [1.165, 1.54) is 0 Å². The van der Waals surface area contributed by atoms with Crippen LogP contribution in [0.25, 0.3) is 0 Å². The van der Waals surface area contributed by atoms with Crippen LogP contribution in [0.15, 0.2) is 22.8 Å². The highest BCUT2D eigenvalue weighted by Crippen LogP contribution is 2.16. The summed E-state index contributed by atoms with van der Waals surface area (Å²) >= 11 is 0. The van der Waals surface area contributed by atoms with Gasteiger partial charge in [-0.25, -0.2) is 4.79 Å². The summed E-state index contributed by atoms with van der Waals surface area (Å²) in [4.78, 5) is 28.3. The Bertz CT molecular complexity index is 526. The molecule has 0 aliphatic carbocycles. The fraction of sp³-hybridized carbons (Fsp3) is 0.667. The summed E-state index contributed by atoms with van der Waals surface area (Å²) in [6.45, 7) is 6.66. The van der Waals surface area contributed by atoms with Crippen molar-refractivity contribution in [2.45, 2.75) is 45.8 Å². The molecule has 0 aromatic carbocycles. The molecule has 1 fully saturated rings. The molecule has 7 heteroatoms. The van der Waals surface area contributed by atoms with Gasteiger partial charge in [0.1, 0.15) is 12.3 Å². The predicted octanol–water partition coefficient (Wildman–Crippen LogP) is 2.23. The van der Waals surface area contributed by atoms with E-state index in [1.807, 2.05) is 26.0 Å². The first-order valence-corrected chi connectivity index (χ1v) is 9.08. The van der Waals surface area contributed by atoms with Crippen LogP contribution in [0.5, 0.6) is 0 Å². The van der Waals surface area contributed by atoms with Gasteiger partial charge in [-0.2, -0.15) is 0 Å². The molecule has 7 nitrogen and oxygen atoms in total. The molecule has 1 saturated heterocycles. The molecule has 0 bridgehead atoms. The van der Waals surface area contributed by atoms with Crippen LogP contribution >= 0.6 is 0 Å². The number of furan rings is 1. The van der Waals surface area contributed by atoms with Crippen molar-refractivity contribution >= 4 is 11.9 Å². The molecule has 1 atom stereocenters. The minimum Gasteiger partial charge on any atom is -0.467 e. The highest BCUT2D eigenvalue weighted by molar-refractivity contribution is 5.84. The van der Waals surface area contributed by atoms with E-state index in [0.29, 0.717) is 26.2 Å². The molecular weight excluding hydrogens is 322 g/mol. The number of ether oxygens (including phenoxy) is 1. The minimum atomic E-state index is -0.201. The maximum absolute atomic E-state index is 12.9. The fourth-order valence-electron chi connectivity index (χ4n) is 2.93. The van der Waals surface area contributed by atoms with Crippen LogP contribution in [-0.4, -0.2) is 60.6 Å². The van der Waals surface area contributed by atoms with Gasteiger partial charge in [0.25, 0.3) is 0 Å². The SMILES string of the molecule is CCCN(CC(=O)N(Cc1ccco1)C[C@H]1CCCO1)C(=O)NCC. The summed E-state index contributed by atoms with van der Waals surface area (Å²) in [5.74, 6) is 0.637. The van der Waals surface area contributed by atoms with Crippen molar-refractivity contribution in [3.63, 3.8) is 0 Å². The van der Waals surface area contributed by atoms with Crippen LogP contribution in [0.1, 0.15) is 38.9 Å². The predicted molar refractivity (Wildman–Crippen MR) is 94.0 cm³/mol. The number of hydrogen-bond donors (Lipinski definition) is 1. The Kier molecular flexibility index (Phi) is 7.78. The molecule has 25 heavy (non-hydrogen) atoms. The number of carbonyl (C=O) groups is 2. The molecule has 1 aromatic heterocycles. The lowest BCUT2D eigenvalue weighted by atomic mass is 10.2. The Hall–Kier alpha value is -2.02. The lowest BCUT2D eigenvalue weighted by Crippen LogP contribution is -2.48. The Morgan fingerprint density at radius 3 is 2.76 bits per heavy atom. The quantitative estimate of drug-likeness (QED) is 0.740.